The average Bonchev–Trinajstić information content (AvgIpc) is 2.62. The minimum atomic E-state index is -3.55. The standard InChI is InChI=1S/C18H18ClN3O2S/c19-17-6-1-2-7-18(17)25(23,24)22-10-8-21(9-11-22)14-16-5-3-4-15(12-16)13-20/h1-7,12H,8-11,14H2/p+1. The summed E-state index contributed by atoms with van der Waals surface area (Å²) in [5.41, 5.74) is 1.74. The maximum Gasteiger partial charge on any atom is 0.244 e. The molecule has 0 spiro atoms. The molecule has 0 aliphatic carbocycles. The monoisotopic (exact) mass is 376 g/mol. The van der Waals surface area contributed by atoms with Gasteiger partial charge in [0.2, 0.25) is 10.0 Å². The number of piperazine rings is 1. The predicted molar refractivity (Wildman–Crippen MR) is 95.8 cm³/mol. The van der Waals surface area contributed by atoms with E-state index in [-0.39, 0.29) is 9.92 Å². The van der Waals surface area contributed by atoms with Crippen molar-refractivity contribution in [2.75, 3.05) is 26.2 Å². The average molecular weight is 377 g/mol. The van der Waals surface area contributed by atoms with Crippen molar-refractivity contribution in [2.45, 2.75) is 11.4 Å². The van der Waals surface area contributed by atoms with E-state index in [1.807, 2.05) is 18.2 Å². The van der Waals surface area contributed by atoms with Crippen LogP contribution in [0.5, 0.6) is 0 Å². The molecule has 25 heavy (non-hydrogen) atoms. The van der Waals surface area contributed by atoms with Gasteiger partial charge < -0.3 is 4.90 Å². The lowest BCUT2D eigenvalue weighted by Crippen LogP contribution is -3.13. The van der Waals surface area contributed by atoms with E-state index in [0.29, 0.717) is 18.7 Å². The second-order valence-electron chi connectivity index (χ2n) is 6.07. The third kappa shape index (κ3) is 4.02. The van der Waals surface area contributed by atoms with Crippen molar-refractivity contribution >= 4 is 21.6 Å². The lowest BCUT2D eigenvalue weighted by Gasteiger charge is -2.31. The summed E-state index contributed by atoms with van der Waals surface area (Å²) in [4.78, 5) is 1.47. The van der Waals surface area contributed by atoms with Crippen LogP contribution in [0.1, 0.15) is 11.1 Å². The smallest absolute Gasteiger partial charge is 0.244 e. The largest absolute Gasteiger partial charge is 0.329 e. The van der Waals surface area contributed by atoms with Crippen LogP contribution in [0.3, 0.4) is 0 Å². The number of benzene rings is 2. The van der Waals surface area contributed by atoms with E-state index in [1.165, 1.54) is 9.21 Å². The minimum Gasteiger partial charge on any atom is -0.329 e. The van der Waals surface area contributed by atoms with Crippen molar-refractivity contribution in [3.63, 3.8) is 0 Å². The highest BCUT2D eigenvalue weighted by Gasteiger charge is 2.31. The number of quaternary nitrogens is 1. The van der Waals surface area contributed by atoms with Crippen molar-refractivity contribution in [3.05, 3.63) is 64.7 Å². The van der Waals surface area contributed by atoms with Gasteiger partial charge in [0.15, 0.2) is 0 Å². The zero-order valence-electron chi connectivity index (χ0n) is 13.7. The van der Waals surface area contributed by atoms with Crippen LogP contribution in [0, 0.1) is 11.3 Å². The number of hydrogen-bond donors (Lipinski definition) is 1. The molecule has 0 saturated carbocycles. The third-order valence-electron chi connectivity index (χ3n) is 4.39. The number of sulfonamides is 1. The summed E-state index contributed by atoms with van der Waals surface area (Å²) in [5, 5.41) is 9.24. The van der Waals surface area contributed by atoms with Gasteiger partial charge >= 0.3 is 0 Å². The van der Waals surface area contributed by atoms with Crippen LogP contribution < -0.4 is 4.90 Å². The number of rotatable bonds is 4. The van der Waals surface area contributed by atoms with E-state index in [1.54, 1.807) is 30.3 Å². The molecule has 0 radical (unpaired) electrons. The Morgan fingerprint density at radius 3 is 2.52 bits per heavy atom. The van der Waals surface area contributed by atoms with Crippen LogP contribution in [0.15, 0.2) is 53.4 Å². The van der Waals surface area contributed by atoms with Crippen molar-refractivity contribution < 1.29 is 13.3 Å². The first-order chi connectivity index (χ1) is 12.0. The highest BCUT2D eigenvalue weighted by atomic mass is 35.5. The number of hydrogen-bond acceptors (Lipinski definition) is 3. The highest BCUT2D eigenvalue weighted by molar-refractivity contribution is 7.89. The summed E-state index contributed by atoms with van der Waals surface area (Å²) >= 11 is 6.06. The molecule has 2 aromatic rings. The molecule has 0 aromatic heterocycles. The molecule has 1 heterocycles. The molecule has 1 aliphatic rings. The van der Waals surface area contributed by atoms with Crippen LogP contribution >= 0.6 is 11.6 Å². The topological polar surface area (TPSA) is 65.6 Å². The summed E-state index contributed by atoms with van der Waals surface area (Å²) in [7, 11) is -3.55. The molecule has 1 fully saturated rings. The fraction of sp³-hybridized carbons (Fsp3) is 0.278. The molecule has 0 amide bonds. The number of nitrogens with zero attached hydrogens (tertiary/aromatic N) is 2. The van der Waals surface area contributed by atoms with Crippen LogP contribution in [0.2, 0.25) is 5.02 Å². The Morgan fingerprint density at radius 2 is 1.84 bits per heavy atom. The second-order valence-corrected chi connectivity index (χ2v) is 8.39. The molecule has 0 atom stereocenters. The van der Waals surface area contributed by atoms with Crippen LogP contribution in [-0.4, -0.2) is 38.9 Å². The van der Waals surface area contributed by atoms with Gasteiger partial charge in [-0.05, 0) is 24.3 Å². The lowest BCUT2D eigenvalue weighted by atomic mass is 10.1. The van der Waals surface area contributed by atoms with Gasteiger partial charge in [-0.25, -0.2) is 8.42 Å². The summed E-state index contributed by atoms with van der Waals surface area (Å²) in [6.07, 6.45) is 0. The Hall–Kier alpha value is -1.91. The molecule has 1 saturated heterocycles. The van der Waals surface area contributed by atoms with E-state index in [0.717, 1.165) is 25.2 Å². The Morgan fingerprint density at radius 1 is 1.12 bits per heavy atom. The second kappa shape index (κ2) is 7.54. The number of nitrogens with one attached hydrogen (secondary N) is 1. The first-order valence-corrected chi connectivity index (χ1v) is 9.90. The van der Waals surface area contributed by atoms with E-state index in [4.69, 9.17) is 16.9 Å². The quantitative estimate of drug-likeness (QED) is 0.874. The first kappa shape index (κ1) is 17.9. The Bertz CT molecular complexity index is 901. The SMILES string of the molecule is N#Cc1cccc(C[NH+]2CCN(S(=O)(=O)c3ccccc3Cl)CC2)c1. The zero-order valence-corrected chi connectivity index (χ0v) is 15.2. The normalized spacial score (nSPS) is 16.5. The summed E-state index contributed by atoms with van der Waals surface area (Å²) in [5.74, 6) is 0. The van der Waals surface area contributed by atoms with E-state index >= 15 is 0 Å². The number of halogens is 1. The fourth-order valence-electron chi connectivity index (χ4n) is 3.05. The van der Waals surface area contributed by atoms with E-state index in [9.17, 15) is 8.42 Å². The van der Waals surface area contributed by atoms with Crippen molar-refractivity contribution in [3.8, 4) is 6.07 Å². The van der Waals surface area contributed by atoms with Gasteiger partial charge in [0.1, 0.15) is 11.4 Å². The van der Waals surface area contributed by atoms with Crippen molar-refractivity contribution in [1.29, 1.82) is 5.26 Å². The maximum atomic E-state index is 12.8. The van der Waals surface area contributed by atoms with Crippen LogP contribution in [-0.2, 0) is 16.6 Å². The Balaban J connectivity index is 1.66. The molecule has 2 aromatic carbocycles. The number of nitriles is 1. The van der Waals surface area contributed by atoms with Crippen molar-refractivity contribution in [1.82, 2.24) is 4.31 Å². The summed E-state index contributed by atoms with van der Waals surface area (Å²) in [6.45, 7) is 3.15. The molecule has 1 aliphatic heterocycles. The first-order valence-electron chi connectivity index (χ1n) is 8.08. The van der Waals surface area contributed by atoms with Gasteiger partial charge in [-0.3, -0.25) is 0 Å². The lowest BCUT2D eigenvalue weighted by molar-refractivity contribution is -0.917. The molecule has 0 unspecified atom stereocenters. The van der Waals surface area contributed by atoms with Crippen molar-refractivity contribution in [2.24, 2.45) is 0 Å². The summed E-state index contributed by atoms with van der Waals surface area (Å²) < 4.78 is 27.0. The Labute approximate surface area is 153 Å². The third-order valence-corrected chi connectivity index (χ3v) is 6.79. The molecular formula is C18H19ClN3O2S+. The maximum absolute atomic E-state index is 12.8. The minimum absolute atomic E-state index is 0.168. The van der Waals surface area contributed by atoms with Gasteiger partial charge in [-0.15, -0.1) is 0 Å². The van der Waals surface area contributed by atoms with Crippen LogP contribution in [0.4, 0.5) is 0 Å². The van der Waals surface area contributed by atoms with Gasteiger partial charge in [-0.2, -0.15) is 9.57 Å². The van der Waals surface area contributed by atoms with Gasteiger partial charge in [0.25, 0.3) is 0 Å². The van der Waals surface area contributed by atoms with Gasteiger partial charge in [0, 0.05) is 5.56 Å². The molecule has 7 heteroatoms. The molecule has 1 N–H and O–H groups in total. The van der Waals surface area contributed by atoms with Gasteiger partial charge in [-0.1, -0.05) is 35.9 Å². The zero-order chi connectivity index (χ0) is 17.9. The predicted octanol–water partition coefficient (Wildman–Crippen LogP) is 1.30. The molecule has 5 nitrogen and oxygen atoms in total. The molecule has 0 bridgehead atoms. The summed E-state index contributed by atoms with van der Waals surface area (Å²) in [6, 6.07) is 16.2. The fourth-order valence-corrected chi connectivity index (χ4v) is 4.99. The van der Waals surface area contributed by atoms with E-state index < -0.39 is 10.0 Å². The van der Waals surface area contributed by atoms with E-state index in [2.05, 4.69) is 6.07 Å². The highest BCUT2D eigenvalue weighted by Crippen LogP contribution is 2.24. The molecular weight excluding hydrogens is 358 g/mol. The molecule has 3 rings (SSSR count). The van der Waals surface area contributed by atoms with Gasteiger partial charge in [0.05, 0.1) is 42.8 Å². The Kier molecular flexibility index (Phi) is 5.40. The molecule has 130 valence electrons. The van der Waals surface area contributed by atoms with Crippen LogP contribution in [0.25, 0.3) is 0 Å².